The minimum absolute atomic E-state index is 0.557. The smallest absolute Gasteiger partial charge is 0.328 e. The molecule has 0 saturated heterocycles. The number of carboxylic acids is 1. The molecule has 0 aromatic heterocycles. The van der Waals surface area contributed by atoms with Crippen molar-refractivity contribution in [3.8, 4) is 0 Å². The van der Waals surface area contributed by atoms with Crippen LogP contribution in [0.25, 0.3) is 0 Å². The van der Waals surface area contributed by atoms with Gasteiger partial charge in [0.2, 0.25) is 0 Å². The van der Waals surface area contributed by atoms with E-state index in [1.165, 1.54) is 0 Å². The maximum absolute atomic E-state index is 10.3. The lowest BCUT2D eigenvalue weighted by Gasteiger charge is -2.04. The Bertz CT molecular complexity index is 232. The summed E-state index contributed by atoms with van der Waals surface area (Å²) in [5.74, 6) is -1.20. The first kappa shape index (κ1) is 11.6. The van der Waals surface area contributed by atoms with Gasteiger partial charge in [0, 0.05) is 6.08 Å². The molecule has 7 heteroatoms. The Labute approximate surface area is 73.8 Å². The number of aliphatic carboxylic acids is 1. The molecule has 1 atom stereocenters. The van der Waals surface area contributed by atoms with E-state index in [0.29, 0.717) is 0 Å². The van der Waals surface area contributed by atoms with E-state index in [0.717, 1.165) is 12.2 Å². The second kappa shape index (κ2) is 4.62. The lowest BCUT2D eigenvalue weighted by atomic mass is 10.4. The topological polar surface area (TPSA) is 94.8 Å². The summed E-state index contributed by atoms with van der Waals surface area (Å²) < 4.78 is 10.3. The van der Waals surface area contributed by atoms with Crippen LogP contribution in [-0.4, -0.2) is 32.4 Å². The predicted molar refractivity (Wildman–Crippen MR) is 43.3 cm³/mol. The Kier molecular flexibility index (Phi) is 4.49. The van der Waals surface area contributed by atoms with Crippen molar-refractivity contribution in [2.24, 2.45) is 0 Å². The standard InChI is InChI=1S/C5H8ClO5P/c6-4(1-2-5(7)8)3-12(9,10)11/h1-2,4H,3H2,(H,7,8)(H2,9,10,11). The summed E-state index contributed by atoms with van der Waals surface area (Å²) in [6, 6.07) is 0. The number of alkyl halides is 1. The molecule has 0 radical (unpaired) electrons. The van der Waals surface area contributed by atoms with Gasteiger partial charge in [-0.3, -0.25) is 4.57 Å². The van der Waals surface area contributed by atoms with Gasteiger partial charge >= 0.3 is 13.6 Å². The fraction of sp³-hybridized carbons (Fsp3) is 0.400. The predicted octanol–water partition coefficient (Wildman–Crippen LogP) is 0.412. The average Bonchev–Trinajstić information content (AvgIpc) is 1.79. The summed E-state index contributed by atoms with van der Waals surface area (Å²) in [6.07, 6.45) is 1.20. The van der Waals surface area contributed by atoms with E-state index in [1.807, 2.05) is 0 Å². The molecule has 0 aromatic carbocycles. The molecule has 0 aliphatic rings. The molecule has 3 N–H and O–H groups in total. The molecule has 0 spiro atoms. The number of carbonyl (C=O) groups is 1. The highest BCUT2D eigenvalue weighted by molar-refractivity contribution is 7.51. The zero-order valence-electron chi connectivity index (χ0n) is 5.92. The van der Waals surface area contributed by atoms with Crippen LogP contribution in [0.1, 0.15) is 0 Å². The molecule has 0 amide bonds. The maximum Gasteiger partial charge on any atom is 0.328 e. The van der Waals surface area contributed by atoms with Crippen molar-refractivity contribution in [1.82, 2.24) is 0 Å². The van der Waals surface area contributed by atoms with Crippen molar-refractivity contribution in [3.05, 3.63) is 12.2 Å². The first-order valence-electron chi connectivity index (χ1n) is 2.91. The van der Waals surface area contributed by atoms with Gasteiger partial charge in [0.1, 0.15) is 0 Å². The van der Waals surface area contributed by atoms with Gasteiger partial charge < -0.3 is 14.9 Å². The van der Waals surface area contributed by atoms with Crippen LogP contribution in [0.5, 0.6) is 0 Å². The van der Waals surface area contributed by atoms with Gasteiger partial charge in [-0.2, -0.15) is 0 Å². The Hall–Kier alpha value is -0.350. The fourth-order valence-corrected chi connectivity index (χ4v) is 1.66. The number of allylic oxidation sites excluding steroid dienone is 1. The van der Waals surface area contributed by atoms with Gasteiger partial charge in [-0.15, -0.1) is 11.6 Å². The van der Waals surface area contributed by atoms with E-state index in [1.54, 1.807) is 0 Å². The minimum atomic E-state index is -4.16. The normalized spacial score (nSPS) is 14.9. The first-order valence-corrected chi connectivity index (χ1v) is 5.14. The van der Waals surface area contributed by atoms with Crippen LogP contribution >= 0.6 is 19.2 Å². The number of hydrogen-bond acceptors (Lipinski definition) is 2. The van der Waals surface area contributed by atoms with Crippen molar-refractivity contribution >= 4 is 25.2 Å². The van der Waals surface area contributed by atoms with E-state index in [4.69, 9.17) is 26.5 Å². The first-order chi connectivity index (χ1) is 5.31. The Morgan fingerprint density at radius 3 is 2.42 bits per heavy atom. The van der Waals surface area contributed by atoms with E-state index in [2.05, 4.69) is 0 Å². The molecule has 0 rings (SSSR count). The third kappa shape index (κ3) is 7.75. The summed E-state index contributed by atoms with van der Waals surface area (Å²) in [7, 11) is -4.16. The Morgan fingerprint density at radius 2 is 2.08 bits per heavy atom. The molecular weight excluding hydrogens is 206 g/mol. The summed E-state index contributed by atoms with van der Waals surface area (Å²) in [6.45, 7) is 0. The molecule has 1 unspecified atom stereocenters. The highest BCUT2D eigenvalue weighted by Crippen LogP contribution is 2.36. The summed E-state index contributed by atoms with van der Waals surface area (Å²) in [4.78, 5) is 26.7. The summed E-state index contributed by atoms with van der Waals surface area (Å²) >= 11 is 5.37. The molecule has 5 nitrogen and oxygen atoms in total. The third-order valence-electron chi connectivity index (χ3n) is 0.860. The highest BCUT2D eigenvalue weighted by atomic mass is 35.5. The van der Waals surface area contributed by atoms with Crippen molar-refractivity contribution < 1.29 is 24.3 Å². The van der Waals surface area contributed by atoms with Crippen LogP contribution in [-0.2, 0) is 9.36 Å². The zero-order chi connectivity index (χ0) is 9.78. The largest absolute Gasteiger partial charge is 0.478 e. The molecule has 0 aromatic rings. The quantitative estimate of drug-likeness (QED) is 0.358. The van der Waals surface area contributed by atoms with E-state index >= 15 is 0 Å². The Morgan fingerprint density at radius 1 is 1.58 bits per heavy atom. The van der Waals surface area contributed by atoms with Crippen molar-refractivity contribution in [2.75, 3.05) is 6.16 Å². The number of carboxylic acid groups (broad SMARTS) is 1. The molecule has 70 valence electrons. The van der Waals surface area contributed by atoms with Crippen LogP contribution in [0.3, 0.4) is 0 Å². The molecule has 12 heavy (non-hydrogen) atoms. The van der Waals surface area contributed by atoms with Crippen molar-refractivity contribution in [3.63, 3.8) is 0 Å². The molecule has 0 saturated carbocycles. The summed E-state index contributed by atoms with van der Waals surface area (Å²) in [5.41, 5.74) is 0. The second-order valence-corrected chi connectivity index (χ2v) is 4.32. The van der Waals surface area contributed by atoms with Crippen LogP contribution < -0.4 is 0 Å². The van der Waals surface area contributed by atoms with Gasteiger partial charge in [-0.1, -0.05) is 6.08 Å². The van der Waals surface area contributed by atoms with E-state index in [-0.39, 0.29) is 0 Å². The fourth-order valence-electron chi connectivity index (χ4n) is 0.475. The van der Waals surface area contributed by atoms with E-state index in [9.17, 15) is 9.36 Å². The maximum atomic E-state index is 10.3. The number of halogens is 1. The van der Waals surface area contributed by atoms with Crippen LogP contribution in [0.2, 0.25) is 0 Å². The number of rotatable bonds is 4. The minimum Gasteiger partial charge on any atom is -0.478 e. The number of hydrogen-bond donors (Lipinski definition) is 3. The van der Waals surface area contributed by atoms with Crippen LogP contribution in [0.4, 0.5) is 0 Å². The van der Waals surface area contributed by atoms with Crippen LogP contribution in [0, 0.1) is 0 Å². The summed E-state index contributed by atoms with van der Waals surface area (Å²) in [5, 5.41) is 7.16. The highest BCUT2D eigenvalue weighted by Gasteiger charge is 2.17. The second-order valence-electron chi connectivity index (χ2n) is 2.06. The molecule has 0 aliphatic heterocycles. The molecule has 0 fully saturated rings. The monoisotopic (exact) mass is 214 g/mol. The van der Waals surface area contributed by atoms with Gasteiger partial charge in [-0.05, 0) is 0 Å². The van der Waals surface area contributed by atoms with Gasteiger partial charge in [0.05, 0.1) is 11.5 Å². The van der Waals surface area contributed by atoms with E-state index < -0.39 is 25.1 Å². The third-order valence-corrected chi connectivity index (χ3v) is 2.24. The SMILES string of the molecule is O=C(O)C=CC(Cl)CP(=O)(O)O. The van der Waals surface area contributed by atoms with Gasteiger partial charge in [-0.25, -0.2) is 4.79 Å². The molecule has 0 heterocycles. The van der Waals surface area contributed by atoms with Gasteiger partial charge in [0.25, 0.3) is 0 Å². The molecule has 0 aliphatic carbocycles. The average molecular weight is 215 g/mol. The van der Waals surface area contributed by atoms with Gasteiger partial charge in [0.15, 0.2) is 0 Å². The lowest BCUT2D eigenvalue weighted by molar-refractivity contribution is -0.131. The van der Waals surface area contributed by atoms with Crippen LogP contribution in [0.15, 0.2) is 12.2 Å². The molecular formula is C5H8ClO5P. The van der Waals surface area contributed by atoms with Crippen molar-refractivity contribution in [2.45, 2.75) is 5.38 Å². The Balaban J connectivity index is 3.98. The zero-order valence-corrected chi connectivity index (χ0v) is 7.57. The lowest BCUT2D eigenvalue weighted by Crippen LogP contribution is -2.03. The van der Waals surface area contributed by atoms with Crippen molar-refractivity contribution in [1.29, 1.82) is 0 Å². The molecule has 0 bridgehead atoms.